The zero-order valence-corrected chi connectivity index (χ0v) is 12.0. The van der Waals surface area contributed by atoms with E-state index in [2.05, 4.69) is 5.32 Å². The topological polar surface area (TPSA) is 92.5 Å². The smallest absolute Gasteiger partial charge is 0.282 e. The van der Waals surface area contributed by atoms with Gasteiger partial charge in [-0.15, -0.1) is 0 Å². The molecule has 1 rings (SSSR count). The van der Waals surface area contributed by atoms with Crippen LogP contribution in [0.3, 0.4) is 0 Å². The molecule has 0 fully saturated rings. The molecule has 0 bridgehead atoms. The first-order valence-electron chi connectivity index (χ1n) is 6.80. The van der Waals surface area contributed by atoms with Gasteiger partial charge in [-0.2, -0.15) is 0 Å². The third-order valence-electron chi connectivity index (χ3n) is 3.46. The van der Waals surface area contributed by atoms with E-state index < -0.39 is 28.4 Å². The van der Waals surface area contributed by atoms with Gasteiger partial charge in [0.15, 0.2) is 0 Å². The SMILES string of the molecule is CCC(CC)[C@@H](O)CNC(=O)c1cc(F)ccc1[N+](=O)[O-]. The van der Waals surface area contributed by atoms with Crippen LogP contribution in [-0.4, -0.2) is 28.6 Å². The van der Waals surface area contributed by atoms with E-state index >= 15 is 0 Å². The Morgan fingerprint density at radius 2 is 2.05 bits per heavy atom. The van der Waals surface area contributed by atoms with Gasteiger partial charge in [-0.3, -0.25) is 14.9 Å². The quantitative estimate of drug-likeness (QED) is 0.596. The van der Waals surface area contributed by atoms with Crippen molar-refractivity contribution in [1.82, 2.24) is 5.32 Å². The first kappa shape index (κ1) is 17.0. The molecule has 0 aliphatic carbocycles. The highest BCUT2D eigenvalue weighted by atomic mass is 19.1. The first-order valence-corrected chi connectivity index (χ1v) is 6.80. The van der Waals surface area contributed by atoms with Crippen LogP contribution < -0.4 is 5.32 Å². The zero-order chi connectivity index (χ0) is 16.0. The third kappa shape index (κ3) is 4.49. The summed E-state index contributed by atoms with van der Waals surface area (Å²) in [6, 6.07) is 2.69. The Kier molecular flexibility index (Phi) is 6.23. The van der Waals surface area contributed by atoms with Crippen LogP contribution in [0, 0.1) is 21.8 Å². The number of carbonyl (C=O) groups excluding carboxylic acids is 1. The summed E-state index contributed by atoms with van der Waals surface area (Å²) in [5, 5.41) is 23.2. The number of rotatable bonds is 7. The highest BCUT2D eigenvalue weighted by Crippen LogP contribution is 2.19. The fraction of sp³-hybridized carbons (Fsp3) is 0.500. The van der Waals surface area contributed by atoms with Crippen LogP contribution in [0.15, 0.2) is 18.2 Å². The highest BCUT2D eigenvalue weighted by Gasteiger charge is 2.22. The summed E-state index contributed by atoms with van der Waals surface area (Å²) in [6.45, 7) is 3.83. The molecule has 0 radical (unpaired) electrons. The van der Waals surface area contributed by atoms with Gasteiger partial charge in [0.25, 0.3) is 11.6 Å². The van der Waals surface area contributed by atoms with Gasteiger partial charge in [-0.1, -0.05) is 26.7 Å². The molecule has 0 aliphatic heterocycles. The normalized spacial score (nSPS) is 12.2. The van der Waals surface area contributed by atoms with Crippen LogP contribution in [0.4, 0.5) is 10.1 Å². The van der Waals surface area contributed by atoms with E-state index in [4.69, 9.17) is 0 Å². The van der Waals surface area contributed by atoms with Gasteiger partial charge >= 0.3 is 0 Å². The lowest BCUT2D eigenvalue weighted by Crippen LogP contribution is -2.36. The predicted octanol–water partition coefficient (Wildman–Crippen LogP) is 2.26. The maximum absolute atomic E-state index is 13.2. The molecule has 0 heterocycles. The van der Waals surface area contributed by atoms with Gasteiger partial charge in [0, 0.05) is 12.6 Å². The number of aliphatic hydroxyl groups is 1. The molecule has 0 saturated carbocycles. The third-order valence-corrected chi connectivity index (χ3v) is 3.46. The molecule has 6 nitrogen and oxygen atoms in total. The summed E-state index contributed by atoms with van der Waals surface area (Å²) >= 11 is 0. The maximum atomic E-state index is 13.2. The number of nitrogens with zero attached hydrogens (tertiary/aromatic N) is 1. The Balaban J connectivity index is 2.80. The Bertz CT molecular complexity index is 518. The molecule has 1 aromatic carbocycles. The fourth-order valence-corrected chi connectivity index (χ4v) is 2.14. The van der Waals surface area contributed by atoms with Crippen LogP contribution in [-0.2, 0) is 0 Å². The van der Waals surface area contributed by atoms with E-state index in [0.29, 0.717) is 0 Å². The lowest BCUT2D eigenvalue weighted by Gasteiger charge is -2.20. The Morgan fingerprint density at radius 3 is 2.57 bits per heavy atom. The summed E-state index contributed by atoms with van der Waals surface area (Å²) < 4.78 is 13.2. The molecule has 0 saturated heterocycles. The second-order valence-electron chi connectivity index (χ2n) is 4.77. The van der Waals surface area contributed by atoms with Gasteiger partial charge < -0.3 is 10.4 Å². The molecule has 21 heavy (non-hydrogen) atoms. The van der Waals surface area contributed by atoms with Gasteiger partial charge in [0.2, 0.25) is 0 Å². The number of amides is 1. The van der Waals surface area contributed by atoms with E-state index in [0.717, 1.165) is 31.0 Å². The number of hydrogen-bond acceptors (Lipinski definition) is 4. The fourth-order valence-electron chi connectivity index (χ4n) is 2.14. The van der Waals surface area contributed by atoms with Crippen molar-refractivity contribution in [1.29, 1.82) is 0 Å². The van der Waals surface area contributed by atoms with Crippen molar-refractivity contribution < 1.29 is 19.2 Å². The molecule has 116 valence electrons. The highest BCUT2D eigenvalue weighted by molar-refractivity contribution is 5.98. The Morgan fingerprint density at radius 1 is 1.43 bits per heavy atom. The minimum Gasteiger partial charge on any atom is -0.391 e. The van der Waals surface area contributed by atoms with Gasteiger partial charge in [-0.05, 0) is 18.1 Å². The monoisotopic (exact) mass is 298 g/mol. The van der Waals surface area contributed by atoms with Crippen LogP contribution in [0.1, 0.15) is 37.0 Å². The molecule has 0 aliphatic rings. The Labute approximate surface area is 122 Å². The van der Waals surface area contributed by atoms with E-state index in [1.54, 1.807) is 0 Å². The molecule has 0 aromatic heterocycles. The summed E-state index contributed by atoms with van der Waals surface area (Å²) in [6.07, 6.45) is 0.776. The lowest BCUT2D eigenvalue weighted by molar-refractivity contribution is -0.385. The van der Waals surface area contributed by atoms with Crippen molar-refractivity contribution in [2.45, 2.75) is 32.8 Å². The summed E-state index contributed by atoms with van der Waals surface area (Å²) in [7, 11) is 0. The number of nitrogens with one attached hydrogen (secondary N) is 1. The average molecular weight is 298 g/mol. The van der Waals surface area contributed by atoms with E-state index in [1.807, 2.05) is 13.8 Å². The van der Waals surface area contributed by atoms with Gasteiger partial charge in [-0.25, -0.2) is 4.39 Å². The molecule has 1 amide bonds. The van der Waals surface area contributed by atoms with Crippen LogP contribution >= 0.6 is 0 Å². The molecule has 0 spiro atoms. The van der Waals surface area contributed by atoms with E-state index in [1.165, 1.54) is 0 Å². The maximum Gasteiger partial charge on any atom is 0.282 e. The van der Waals surface area contributed by atoms with Crippen LogP contribution in [0.2, 0.25) is 0 Å². The summed E-state index contributed by atoms with van der Waals surface area (Å²) in [5.74, 6) is -1.47. The molecular formula is C14H19FN2O4. The van der Waals surface area contributed by atoms with Crippen molar-refractivity contribution in [3.8, 4) is 0 Å². The van der Waals surface area contributed by atoms with Crippen molar-refractivity contribution in [3.63, 3.8) is 0 Å². The van der Waals surface area contributed by atoms with Crippen molar-refractivity contribution in [3.05, 3.63) is 39.7 Å². The number of nitro benzene ring substituents is 1. The summed E-state index contributed by atoms with van der Waals surface area (Å²) in [5.41, 5.74) is -0.817. The predicted molar refractivity (Wildman–Crippen MR) is 75.5 cm³/mol. The number of halogens is 1. The molecule has 1 atom stereocenters. The van der Waals surface area contributed by atoms with Crippen LogP contribution in [0.25, 0.3) is 0 Å². The second-order valence-corrected chi connectivity index (χ2v) is 4.77. The number of carbonyl (C=O) groups is 1. The van der Waals surface area contributed by atoms with Gasteiger partial charge in [0.05, 0.1) is 11.0 Å². The largest absolute Gasteiger partial charge is 0.391 e. The van der Waals surface area contributed by atoms with Crippen molar-refractivity contribution in [2.24, 2.45) is 5.92 Å². The van der Waals surface area contributed by atoms with Crippen molar-refractivity contribution >= 4 is 11.6 Å². The Hall–Kier alpha value is -2.02. The number of hydrogen-bond donors (Lipinski definition) is 2. The second kappa shape index (κ2) is 7.68. The lowest BCUT2D eigenvalue weighted by atomic mass is 9.96. The molecule has 0 unspecified atom stereocenters. The number of nitro groups is 1. The zero-order valence-electron chi connectivity index (χ0n) is 12.0. The molecule has 1 aromatic rings. The molecular weight excluding hydrogens is 279 g/mol. The minimum atomic E-state index is -0.772. The molecule has 2 N–H and O–H groups in total. The van der Waals surface area contributed by atoms with E-state index in [-0.39, 0.29) is 18.0 Å². The summed E-state index contributed by atoms with van der Waals surface area (Å²) in [4.78, 5) is 22.0. The van der Waals surface area contributed by atoms with Gasteiger partial charge in [0.1, 0.15) is 11.4 Å². The van der Waals surface area contributed by atoms with Crippen molar-refractivity contribution in [2.75, 3.05) is 6.54 Å². The van der Waals surface area contributed by atoms with E-state index in [9.17, 15) is 24.4 Å². The number of benzene rings is 1. The standard InChI is InChI=1S/C14H19FN2O4/c1-3-9(4-2)13(18)8-16-14(19)11-7-10(15)5-6-12(11)17(20)21/h5-7,9,13,18H,3-4,8H2,1-2H3,(H,16,19)/t13-/m0/s1. The minimum absolute atomic E-state index is 0.0289. The van der Waals surface area contributed by atoms with Crippen LogP contribution in [0.5, 0.6) is 0 Å². The average Bonchev–Trinajstić information content (AvgIpc) is 2.45. The number of aliphatic hydroxyl groups excluding tert-OH is 1. The first-order chi connectivity index (χ1) is 9.90. The molecule has 7 heteroatoms.